The fraction of sp³-hybridized carbons (Fsp3) is 0.393. The Morgan fingerprint density at radius 2 is 1.79 bits per heavy atom. The fourth-order valence-electron chi connectivity index (χ4n) is 5.91. The van der Waals surface area contributed by atoms with Gasteiger partial charge in [-0.15, -0.1) is 0 Å². The molecule has 0 amide bonds. The van der Waals surface area contributed by atoms with Crippen molar-refractivity contribution in [3.8, 4) is 5.69 Å². The van der Waals surface area contributed by atoms with Crippen LogP contribution in [0.4, 0.5) is 22.0 Å². The lowest BCUT2D eigenvalue weighted by atomic mass is 9.80. The second-order valence-electron chi connectivity index (χ2n) is 10.2. The van der Waals surface area contributed by atoms with Gasteiger partial charge in [-0.1, -0.05) is 36.3 Å². The van der Waals surface area contributed by atoms with Crippen molar-refractivity contribution in [2.45, 2.75) is 44.7 Å². The minimum atomic E-state index is -4.89. The highest BCUT2D eigenvalue weighted by atomic mass is 32.2. The van der Waals surface area contributed by atoms with E-state index in [-0.39, 0.29) is 42.7 Å². The van der Waals surface area contributed by atoms with E-state index in [0.29, 0.717) is 19.3 Å². The number of nitrogens with zero attached hydrogens (tertiary/aromatic N) is 3. The van der Waals surface area contributed by atoms with E-state index in [0.717, 1.165) is 32.4 Å². The number of alkyl halides is 3. The zero-order chi connectivity index (χ0) is 27.9. The Kier molecular flexibility index (Phi) is 7.41. The van der Waals surface area contributed by atoms with Gasteiger partial charge in [0.1, 0.15) is 11.6 Å². The summed E-state index contributed by atoms with van der Waals surface area (Å²) in [5, 5.41) is 4.51. The highest BCUT2D eigenvalue weighted by Gasteiger charge is 2.42. The third kappa shape index (κ3) is 5.79. The van der Waals surface area contributed by atoms with Crippen molar-refractivity contribution in [3.05, 3.63) is 94.3 Å². The molecule has 1 heterocycles. The molecule has 0 radical (unpaired) electrons. The van der Waals surface area contributed by atoms with Gasteiger partial charge in [-0.25, -0.2) is 26.2 Å². The summed E-state index contributed by atoms with van der Waals surface area (Å²) < 4.78 is 95.7. The van der Waals surface area contributed by atoms with E-state index in [1.165, 1.54) is 30.3 Å². The molecule has 2 aromatic carbocycles. The minimum Gasteiger partial charge on any atom is -0.237 e. The third-order valence-corrected chi connectivity index (χ3v) is 9.49. The lowest BCUT2D eigenvalue weighted by Gasteiger charge is -2.31. The third-order valence-electron chi connectivity index (χ3n) is 7.68. The molecule has 5 nitrogen and oxygen atoms in total. The predicted molar refractivity (Wildman–Crippen MR) is 137 cm³/mol. The monoisotopic (exact) mass is 565 g/mol. The summed E-state index contributed by atoms with van der Waals surface area (Å²) >= 11 is 0. The second-order valence-corrected chi connectivity index (χ2v) is 12.2. The standard InChI is InChI=1S/C28H28F5N3O2S/c1-18-24-15-34-36(23-10-8-22(29)9-11-23)26(24)14-20-6-7-21(27(18)20)16-35(39(37,38)17-28(31,32)33)13-12-19-4-2-3-5-25(19)30/h2-5,8-11,15,18,21H,6-7,12-14,16-17H2,1H3/t18-,21+/m0/s1. The summed E-state index contributed by atoms with van der Waals surface area (Å²) in [7, 11) is -4.69. The van der Waals surface area contributed by atoms with Gasteiger partial charge in [-0.05, 0) is 61.1 Å². The lowest BCUT2D eigenvalue weighted by Crippen LogP contribution is -2.42. The van der Waals surface area contributed by atoms with Crippen LogP contribution >= 0.6 is 0 Å². The topological polar surface area (TPSA) is 55.2 Å². The first-order valence-electron chi connectivity index (χ1n) is 12.8. The van der Waals surface area contributed by atoms with E-state index < -0.39 is 27.8 Å². The van der Waals surface area contributed by atoms with E-state index in [2.05, 4.69) is 5.10 Å². The Labute approximate surface area is 224 Å². The molecular weight excluding hydrogens is 537 g/mol. The maximum absolute atomic E-state index is 14.2. The van der Waals surface area contributed by atoms with E-state index in [9.17, 15) is 30.4 Å². The summed E-state index contributed by atoms with van der Waals surface area (Å²) in [5.41, 5.74) is 5.07. The number of hydrogen-bond acceptors (Lipinski definition) is 3. The Balaban J connectivity index is 1.40. The SMILES string of the molecule is C[C@@H]1C2=C(CC[C@@H]2CN(CCc2ccccc2F)S(=O)(=O)CC(F)(F)F)Cc2c1cnn2-c1ccc(F)cc1. The highest BCUT2D eigenvalue weighted by Crippen LogP contribution is 2.47. The van der Waals surface area contributed by atoms with E-state index in [4.69, 9.17) is 0 Å². The number of sulfonamides is 1. The zero-order valence-corrected chi connectivity index (χ0v) is 22.1. The summed E-state index contributed by atoms with van der Waals surface area (Å²) in [5.74, 6) is -3.20. The molecule has 0 unspecified atom stereocenters. The fourth-order valence-corrected chi connectivity index (χ4v) is 7.28. The molecule has 0 bridgehead atoms. The Morgan fingerprint density at radius 1 is 1.08 bits per heavy atom. The molecular formula is C28H28F5N3O2S. The number of benzene rings is 2. The molecule has 11 heteroatoms. The van der Waals surface area contributed by atoms with Gasteiger partial charge in [-0.2, -0.15) is 18.3 Å². The summed E-state index contributed by atoms with van der Waals surface area (Å²) in [6, 6.07) is 11.9. The molecule has 39 heavy (non-hydrogen) atoms. The van der Waals surface area contributed by atoms with Crippen molar-refractivity contribution in [3.63, 3.8) is 0 Å². The van der Waals surface area contributed by atoms with Crippen LogP contribution in [-0.2, 0) is 22.9 Å². The molecule has 208 valence electrons. The number of allylic oxidation sites excluding steroid dienone is 1. The van der Waals surface area contributed by atoms with Gasteiger partial charge in [-0.3, -0.25) is 0 Å². The molecule has 2 aliphatic rings. The summed E-state index contributed by atoms with van der Waals surface area (Å²) in [6.45, 7) is 1.65. The molecule has 3 aromatic rings. The predicted octanol–water partition coefficient (Wildman–Crippen LogP) is 5.95. The molecule has 1 aromatic heterocycles. The second kappa shape index (κ2) is 10.5. The highest BCUT2D eigenvalue weighted by molar-refractivity contribution is 7.89. The van der Waals surface area contributed by atoms with Crippen molar-refractivity contribution in [1.82, 2.24) is 14.1 Å². The maximum atomic E-state index is 14.2. The molecule has 2 atom stereocenters. The van der Waals surface area contributed by atoms with E-state index in [1.54, 1.807) is 29.1 Å². The van der Waals surface area contributed by atoms with Crippen LogP contribution in [0.15, 0.2) is 65.9 Å². The molecule has 5 rings (SSSR count). The molecule has 2 aliphatic carbocycles. The van der Waals surface area contributed by atoms with Crippen LogP contribution in [0.3, 0.4) is 0 Å². The molecule has 0 aliphatic heterocycles. The van der Waals surface area contributed by atoms with Crippen LogP contribution in [-0.4, -0.2) is 47.5 Å². The number of aromatic nitrogens is 2. The largest absolute Gasteiger partial charge is 0.404 e. The quantitative estimate of drug-likeness (QED) is 0.251. The average Bonchev–Trinajstić information content (AvgIpc) is 3.46. The Hall–Kier alpha value is -3.05. The van der Waals surface area contributed by atoms with Gasteiger partial charge in [0, 0.05) is 31.0 Å². The molecule has 0 saturated heterocycles. The van der Waals surface area contributed by atoms with Gasteiger partial charge >= 0.3 is 6.18 Å². The maximum Gasteiger partial charge on any atom is 0.404 e. The minimum absolute atomic E-state index is 0.0352. The Morgan fingerprint density at radius 3 is 2.49 bits per heavy atom. The number of halogens is 5. The summed E-state index contributed by atoms with van der Waals surface area (Å²) in [4.78, 5) is 0. The van der Waals surface area contributed by atoms with Gasteiger partial charge in [0.25, 0.3) is 0 Å². The van der Waals surface area contributed by atoms with Crippen LogP contribution in [0, 0.1) is 17.6 Å². The van der Waals surface area contributed by atoms with Crippen molar-refractivity contribution < 1.29 is 30.4 Å². The molecule has 0 N–H and O–H groups in total. The van der Waals surface area contributed by atoms with Crippen LogP contribution in [0.25, 0.3) is 5.69 Å². The molecule has 0 saturated carbocycles. The van der Waals surface area contributed by atoms with Crippen LogP contribution < -0.4 is 0 Å². The van der Waals surface area contributed by atoms with Crippen LogP contribution in [0.5, 0.6) is 0 Å². The van der Waals surface area contributed by atoms with Crippen LogP contribution in [0.2, 0.25) is 0 Å². The average molecular weight is 566 g/mol. The van der Waals surface area contributed by atoms with Crippen molar-refractivity contribution in [2.75, 3.05) is 18.8 Å². The van der Waals surface area contributed by atoms with Gasteiger partial charge in [0.2, 0.25) is 10.0 Å². The first-order chi connectivity index (χ1) is 18.4. The zero-order valence-electron chi connectivity index (χ0n) is 21.3. The first-order valence-corrected chi connectivity index (χ1v) is 14.4. The van der Waals surface area contributed by atoms with Gasteiger partial charge in [0.05, 0.1) is 17.6 Å². The number of rotatable bonds is 8. The van der Waals surface area contributed by atoms with Crippen LogP contribution in [0.1, 0.15) is 42.5 Å². The van der Waals surface area contributed by atoms with E-state index >= 15 is 0 Å². The Bertz CT molecular complexity index is 1500. The van der Waals surface area contributed by atoms with Crippen molar-refractivity contribution in [1.29, 1.82) is 0 Å². The number of fused-ring (bicyclic) bond motifs is 1. The lowest BCUT2D eigenvalue weighted by molar-refractivity contribution is -0.107. The van der Waals surface area contributed by atoms with Crippen molar-refractivity contribution in [2.24, 2.45) is 5.92 Å². The molecule has 0 spiro atoms. The normalized spacial score (nSPS) is 19.5. The van der Waals surface area contributed by atoms with Crippen molar-refractivity contribution >= 4 is 10.0 Å². The molecule has 0 fully saturated rings. The van der Waals surface area contributed by atoms with E-state index in [1.807, 2.05) is 6.92 Å². The smallest absolute Gasteiger partial charge is 0.237 e. The first kappa shape index (κ1) is 27.5. The van der Waals surface area contributed by atoms with Gasteiger partial charge < -0.3 is 0 Å². The number of hydrogen-bond donors (Lipinski definition) is 0. The van der Waals surface area contributed by atoms with Gasteiger partial charge in [0.15, 0.2) is 5.75 Å². The summed E-state index contributed by atoms with van der Waals surface area (Å²) in [6.07, 6.45) is -1.30.